The van der Waals surface area contributed by atoms with Crippen LogP contribution in [-0.4, -0.2) is 55.1 Å². The van der Waals surface area contributed by atoms with Crippen molar-refractivity contribution >= 4 is 11.8 Å². The molecule has 2 rings (SSSR count). The van der Waals surface area contributed by atoms with Crippen LogP contribution in [0, 0.1) is 5.92 Å². The second kappa shape index (κ2) is 9.58. The molecule has 0 spiro atoms. The van der Waals surface area contributed by atoms with Crippen molar-refractivity contribution in [2.24, 2.45) is 11.7 Å². The number of carbonyl (C=O) groups is 2. The number of furan rings is 1. The van der Waals surface area contributed by atoms with Gasteiger partial charge in [0.05, 0.1) is 12.4 Å². The Bertz CT molecular complexity index is 537. The van der Waals surface area contributed by atoms with Gasteiger partial charge in [-0.05, 0) is 43.9 Å². The summed E-state index contributed by atoms with van der Waals surface area (Å²) in [7, 11) is 0. The number of nitrogens with zero attached hydrogens (tertiary/aromatic N) is 1. The maximum atomic E-state index is 12.8. The van der Waals surface area contributed by atoms with E-state index in [0.717, 1.165) is 19.3 Å². The first-order valence-electron chi connectivity index (χ1n) is 8.97. The molecule has 1 saturated heterocycles. The fraction of sp³-hybridized carbons (Fsp3) is 0.667. The van der Waals surface area contributed by atoms with Crippen LogP contribution in [0.25, 0.3) is 0 Å². The number of carbonyl (C=O) groups excluding carboxylic acids is 2. The molecule has 1 aliphatic rings. The molecule has 0 bridgehead atoms. The molecule has 2 heterocycles. The Morgan fingerprint density at radius 2 is 2.12 bits per heavy atom. The van der Waals surface area contributed by atoms with Crippen molar-refractivity contribution in [3.63, 3.8) is 0 Å². The first-order chi connectivity index (χ1) is 12.0. The molecule has 7 nitrogen and oxygen atoms in total. The van der Waals surface area contributed by atoms with Gasteiger partial charge in [0.1, 0.15) is 6.04 Å². The molecule has 0 saturated carbocycles. The van der Waals surface area contributed by atoms with E-state index in [1.165, 1.54) is 6.26 Å². The average molecular weight is 351 g/mol. The van der Waals surface area contributed by atoms with Crippen molar-refractivity contribution in [1.29, 1.82) is 0 Å². The maximum absolute atomic E-state index is 12.8. The lowest BCUT2D eigenvalue weighted by molar-refractivity contribution is -0.137. The van der Waals surface area contributed by atoms with Crippen LogP contribution in [0.2, 0.25) is 0 Å². The Kier molecular flexibility index (Phi) is 7.46. The molecule has 140 valence electrons. The largest absolute Gasteiger partial charge is 0.459 e. The van der Waals surface area contributed by atoms with Gasteiger partial charge >= 0.3 is 0 Å². The molecule has 7 heteroatoms. The van der Waals surface area contributed by atoms with Crippen LogP contribution in [0.5, 0.6) is 0 Å². The van der Waals surface area contributed by atoms with Gasteiger partial charge in [0.2, 0.25) is 5.91 Å². The van der Waals surface area contributed by atoms with Crippen molar-refractivity contribution in [3.05, 3.63) is 24.2 Å². The molecule has 1 fully saturated rings. The number of hydrogen-bond acceptors (Lipinski definition) is 5. The molecule has 1 aromatic rings. The van der Waals surface area contributed by atoms with E-state index in [2.05, 4.69) is 5.32 Å². The van der Waals surface area contributed by atoms with Gasteiger partial charge in [0, 0.05) is 19.7 Å². The number of nitrogens with one attached hydrogen (secondary N) is 1. The fourth-order valence-corrected chi connectivity index (χ4v) is 2.91. The van der Waals surface area contributed by atoms with E-state index in [9.17, 15) is 9.59 Å². The fourth-order valence-electron chi connectivity index (χ4n) is 2.91. The van der Waals surface area contributed by atoms with Gasteiger partial charge in [-0.2, -0.15) is 0 Å². The zero-order valence-electron chi connectivity index (χ0n) is 15.1. The predicted octanol–water partition coefficient (Wildman–Crippen LogP) is 1.39. The maximum Gasteiger partial charge on any atom is 0.287 e. The van der Waals surface area contributed by atoms with Crippen LogP contribution in [0.3, 0.4) is 0 Å². The molecule has 0 radical (unpaired) electrons. The lowest BCUT2D eigenvalue weighted by atomic mass is 10.00. The van der Waals surface area contributed by atoms with Crippen LogP contribution < -0.4 is 11.1 Å². The van der Waals surface area contributed by atoms with E-state index in [1.807, 2.05) is 18.7 Å². The summed E-state index contributed by atoms with van der Waals surface area (Å²) in [4.78, 5) is 26.9. The van der Waals surface area contributed by atoms with E-state index in [1.54, 1.807) is 12.1 Å². The Morgan fingerprint density at radius 3 is 2.68 bits per heavy atom. The van der Waals surface area contributed by atoms with E-state index in [-0.39, 0.29) is 29.6 Å². The average Bonchev–Trinajstić information content (AvgIpc) is 3.14. The molecule has 1 atom stereocenters. The number of amides is 2. The van der Waals surface area contributed by atoms with Gasteiger partial charge < -0.3 is 25.1 Å². The summed E-state index contributed by atoms with van der Waals surface area (Å²) in [5, 5.41) is 2.80. The summed E-state index contributed by atoms with van der Waals surface area (Å²) in [5.41, 5.74) is 5.47. The molecular weight excluding hydrogens is 322 g/mol. The third kappa shape index (κ3) is 5.57. The van der Waals surface area contributed by atoms with Crippen molar-refractivity contribution < 1.29 is 18.7 Å². The normalized spacial score (nSPS) is 16.9. The van der Waals surface area contributed by atoms with Gasteiger partial charge in [-0.15, -0.1) is 0 Å². The SMILES string of the molecule is CC(C)C(NC(=O)c1ccco1)C(=O)N1CCC(OCCCN)CC1. The highest BCUT2D eigenvalue weighted by Gasteiger charge is 2.32. The summed E-state index contributed by atoms with van der Waals surface area (Å²) in [6, 6.07) is 2.67. The van der Waals surface area contributed by atoms with Crippen LogP contribution >= 0.6 is 0 Å². The highest BCUT2D eigenvalue weighted by atomic mass is 16.5. The topological polar surface area (TPSA) is 97.8 Å². The van der Waals surface area contributed by atoms with Crippen molar-refractivity contribution in [2.75, 3.05) is 26.2 Å². The molecule has 1 aliphatic heterocycles. The second-order valence-corrected chi connectivity index (χ2v) is 6.71. The minimum atomic E-state index is -0.563. The summed E-state index contributed by atoms with van der Waals surface area (Å²) >= 11 is 0. The van der Waals surface area contributed by atoms with Crippen LogP contribution in [0.15, 0.2) is 22.8 Å². The van der Waals surface area contributed by atoms with Gasteiger partial charge in [-0.1, -0.05) is 13.8 Å². The van der Waals surface area contributed by atoms with Gasteiger partial charge in [0.15, 0.2) is 5.76 Å². The number of nitrogens with two attached hydrogens (primary N) is 1. The Labute approximate surface area is 148 Å². The van der Waals surface area contributed by atoms with Gasteiger partial charge in [-0.3, -0.25) is 9.59 Å². The third-order valence-corrected chi connectivity index (χ3v) is 4.42. The van der Waals surface area contributed by atoms with Crippen LogP contribution in [0.4, 0.5) is 0 Å². The zero-order chi connectivity index (χ0) is 18.2. The molecule has 1 unspecified atom stereocenters. The quantitative estimate of drug-likeness (QED) is 0.690. The molecule has 2 amide bonds. The number of piperidine rings is 1. The number of rotatable bonds is 8. The molecule has 1 aromatic heterocycles. The summed E-state index contributed by atoms with van der Waals surface area (Å²) in [6.07, 6.45) is 4.11. The summed E-state index contributed by atoms with van der Waals surface area (Å²) in [6.45, 7) is 6.44. The first kappa shape index (κ1) is 19.5. The minimum absolute atomic E-state index is 0.00931. The van der Waals surface area contributed by atoms with E-state index in [0.29, 0.717) is 26.2 Å². The van der Waals surface area contributed by atoms with Gasteiger partial charge in [0.25, 0.3) is 5.91 Å². The Balaban J connectivity index is 1.87. The van der Waals surface area contributed by atoms with E-state index in [4.69, 9.17) is 14.9 Å². The predicted molar refractivity (Wildman–Crippen MR) is 94.0 cm³/mol. The Morgan fingerprint density at radius 1 is 1.40 bits per heavy atom. The van der Waals surface area contributed by atoms with Crippen molar-refractivity contribution in [2.45, 2.75) is 45.3 Å². The highest BCUT2D eigenvalue weighted by Crippen LogP contribution is 2.17. The van der Waals surface area contributed by atoms with Gasteiger partial charge in [-0.25, -0.2) is 0 Å². The van der Waals surface area contributed by atoms with E-state index >= 15 is 0 Å². The molecule has 3 N–H and O–H groups in total. The highest BCUT2D eigenvalue weighted by molar-refractivity contribution is 5.95. The van der Waals surface area contributed by atoms with Crippen LogP contribution in [0.1, 0.15) is 43.7 Å². The van der Waals surface area contributed by atoms with E-state index < -0.39 is 6.04 Å². The smallest absolute Gasteiger partial charge is 0.287 e. The number of ether oxygens (including phenoxy) is 1. The molecule has 0 aliphatic carbocycles. The zero-order valence-corrected chi connectivity index (χ0v) is 15.1. The Hall–Kier alpha value is -1.86. The lowest BCUT2D eigenvalue weighted by Gasteiger charge is -2.35. The third-order valence-electron chi connectivity index (χ3n) is 4.42. The molecular formula is C18H29N3O4. The van der Waals surface area contributed by atoms with Crippen molar-refractivity contribution in [3.8, 4) is 0 Å². The minimum Gasteiger partial charge on any atom is -0.459 e. The molecule has 25 heavy (non-hydrogen) atoms. The summed E-state index contributed by atoms with van der Waals surface area (Å²) < 4.78 is 10.9. The number of likely N-dealkylation sites (tertiary alicyclic amines) is 1. The van der Waals surface area contributed by atoms with Crippen molar-refractivity contribution in [1.82, 2.24) is 10.2 Å². The summed E-state index contributed by atoms with van der Waals surface area (Å²) in [5.74, 6) is -0.206. The standard InChI is InChI=1S/C18H29N3O4/c1-13(2)16(20-17(22)15-5-3-11-25-15)18(23)21-9-6-14(7-10-21)24-12-4-8-19/h3,5,11,13-14,16H,4,6-10,12,19H2,1-2H3,(H,20,22). The second-order valence-electron chi connectivity index (χ2n) is 6.71. The first-order valence-corrected chi connectivity index (χ1v) is 8.97. The number of hydrogen-bond donors (Lipinski definition) is 2. The molecule has 0 aromatic carbocycles. The van der Waals surface area contributed by atoms with Crippen LogP contribution in [-0.2, 0) is 9.53 Å². The monoisotopic (exact) mass is 351 g/mol. The lowest BCUT2D eigenvalue weighted by Crippen LogP contribution is -2.53.